The summed E-state index contributed by atoms with van der Waals surface area (Å²) in [6, 6.07) is 30.5. The SMILES string of the molecule is COc1nc(Br)nn1[C@H]1O[C@H](COCc2ccccc2)[C@@H](OCc2ccccc2)[C@H](OCc2ccccc2)[C@H]1Br. The molecule has 2 heterocycles. The summed E-state index contributed by atoms with van der Waals surface area (Å²) in [5.41, 5.74) is 3.20. The predicted octanol–water partition coefficient (Wildman–Crippen LogP) is 6.10. The standard InChI is InChI=1S/C30H31Br2N3O5/c1-36-30-33-29(32)34-35(30)28-25(31)27(39-19-23-15-9-4-10-16-23)26(38-18-22-13-7-3-8-14-22)24(40-28)20-37-17-21-11-5-2-6-12-21/h2-16,24-28H,17-20H2,1H3/t24-,25-,26-,27-,28+/m1/s1. The number of ether oxygens (including phenoxy) is 5. The molecule has 0 N–H and O–H groups in total. The second-order valence-corrected chi connectivity index (χ2v) is 11.1. The van der Waals surface area contributed by atoms with Crippen LogP contribution in [0.3, 0.4) is 0 Å². The number of hydrogen-bond acceptors (Lipinski definition) is 7. The van der Waals surface area contributed by atoms with Crippen LogP contribution in [0.4, 0.5) is 0 Å². The Morgan fingerprint density at radius 3 is 1.85 bits per heavy atom. The maximum absolute atomic E-state index is 6.64. The van der Waals surface area contributed by atoms with Gasteiger partial charge in [-0.25, -0.2) is 0 Å². The number of nitrogens with zero attached hydrogens (tertiary/aromatic N) is 3. The lowest BCUT2D eigenvalue weighted by molar-refractivity contribution is -0.234. The minimum atomic E-state index is -0.601. The third-order valence-corrected chi connectivity index (χ3v) is 7.86. The van der Waals surface area contributed by atoms with Crippen LogP contribution < -0.4 is 4.74 Å². The lowest BCUT2D eigenvalue weighted by atomic mass is 9.99. The van der Waals surface area contributed by atoms with Crippen LogP contribution in [0.2, 0.25) is 0 Å². The molecule has 1 saturated heterocycles. The van der Waals surface area contributed by atoms with Crippen molar-refractivity contribution >= 4 is 31.9 Å². The molecule has 1 fully saturated rings. The summed E-state index contributed by atoms with van der Waals surface area (Å²) < 4.78 is 33.5. The van der Waals surface area contributed by atoms with E-state index >= 15 is 0 Å². The second kappa shape index (κ2) is 14.3. The zero-order valence-corrected chi connectivity index (χ0v) is 25.2. The van der Waals surface area contributed by atoms with E-state index in [1.54, 1.807) is 11.8 Å². The highest BCUT2D eigenvalue weighted by Crippen LogP contribution is 2.39. The molecule has 8 nitrogen and oxygen atoms in total. The Balaban J connectivity index is 1.42. The van der Waals surface area contributed by atoms with Crippen molar-refractivity contribution in [2.24, 2.45) is 0 Å². The third kappa shape index (κ3) is 7.37. The van der Waals surface area contributed by atoms with E-state index < -0.39 is 24.5 Å². The van der Waals surface area contributed by atoms with Gasteiger partial charge in [0.25, 0.3) is 0 Å². The van der Waals surface area contributed by atoms with Crippen LogP contribution in [0.15, 0.2) is 95.7 Å². The topological polar surface area (TPSA) is 76.9 Å². The van der Waals surface area contributed by atoms with E-state index in [4.69, 9.17) is 23.7 Å². The van der Waals surface area contributed by atoms with Crippen molar-refractivity contribution < 1.29 is 23.7 Å². The highest BCUT2D eigenvalue weighted by Gasteiger charge is 2.48. The van der Waals surface area contributed by atoms with Crippen molar-refractivity contribution in [3.05, 3.63) is 112 Å². The predicted molar refractivity (Wildman–Crippen MR) is 157 cm³/mol. The first-order valence-electron chi connectivity index (χ1n) is 13.0. The Morgan fingerprint density at radius 2 is 1.30 bits per heavy atom. The number of benzene rings is 3. The molecular weight excluding hydrogens is 642 g/mol. The Labute approximate surface area is 250 Å². The van der Waals surface area contributed by atoms with Crippen molar-refractivity contribution in [3.63, 3.8) is 0 Å². The Kier molecular flexibility index (Phi) is 10.4. The fourth-order valence-corrected chi connectivity index (χ4v) is 5.72. The minimum Gasteiger partial charge on any atom is -0.467 e. The number of methoxy groups -OCH3 is 1. The van der Waals surface area contributed by atoms with Gasteiger partial charge in [0, 0.05) is 0 Å². The van der Waals surface area contributed by atoms with Gasteiger partial charge in [0.1, 0.15) is 18.3 Å². The summed E-state index contributed by atoms with van der Waals surface area (Å²) in [5, 5.41) is 4.49. The van der Waals surface area contributed by atoms with Gasteiger partial charge in [-0.05, 0) is 32.6 Å². The van der Waals surface area contributed by atoms with Crippen LogP contribution in [-0.4, -0.2) is 51.6 Å². The molecule has 4 aromatic rings. The summed E-state index contributed by atoms with van der Waals surface area (Å²) in [7, 11) is 1.55. The van der Waals surface area contributed by atoms with Crippen molar-refractivity contribution in [2.45, 2.75) is 49.2 Å². The maximum atomic E-state index is 6.64. The molecule has 1 aromatic heterocycles. The van der Waals surface area contributed by atoms with E-state index in [0.717, 1.165) is 16.7 Å². The molecule has 5 atom stereocenters. The monoisotopic (exact) mass is 671 g/mol. The molecule has 0 bridgehead atoms. The fourth-order valence-electron chi connectivity index (χ4n) is 4.59. The number of hydrogen-bond donors (Lipinski definition) is 0. The Bertz CT molecular complexity index is 1310. The molecule has 40 heavy (non-hydrogen) atoms. The maximum Gasteiger partial charge on any atom is 0.318 e. The van der Waals surface area contributed by atoms with Crippen LogP contribution in [0, 0.1) is 0 Å². The van der Waals surface area contributed by atoms with E-state index in [2.05, 4.69) is 41.9 Å². The van der Waals surface area contributed by atoms with E-state index in [9.17, 15) is 0 Å². The first kappa shape index (κ1) is 28.9. The van der Waals surface area contributed by atoms with Crippen LogP contribution in [0.1, 0.15) is 22.9 Å². The van der Waals surface area contributed by atoms with Gasteiger partial charge in [-0.1, -0.05) is 107 Å². The molecule has 0 amide bonds. The Hall–Kier alpha value is -2.60. The van der Waals surface area contributed by atoms with Crippen molar-refractivity contribution in [1.29, 1.82) is 0 Å². The van der Waals surface area contributed by atoms with Crippen molar-refractivity contribution in [3.8, 4) is 6.01 Å². The fraction of sp³-hybridized carbons (Fsp3) is 0.333. The average molecular weight is 673 g/mol. The summed E-state index contributed by atoms with van der Waals surface area (Å²) in [5.74, 6) is 0. The lowest BCUT2D eigenvalue weighted by Crippen LogP contribution is -2.57. The Morgan fingerprint density at radius 1 is 0.775 bits per heavy atom. The normalized spacial score (nSPS) is 22.7. The number of rotatable bonds is 12. The summed E-state index contributed by atoms with van der Waals surface area (Å²) in [6.45, 7) is 1.54. The summed E-state index contributed by atoms with van der Waals surface area (Å²) in [4.78, 5) is 3.98. The molecular formula is C30H31Br2N3O5. The molecule has 10 heteroatoms. The van der Waals surface area contributed by atoms with Crippen molar-refractivity contribution in [1.82, 2.24) is 14.8 Å². The molecule has 5 rings (SSSR count). The van der Waals surface area contributed by atoms with Crippen LogP contribution in [0.5, 0.6) is 6.01 Å². The van der Waals surface area contributed by atoms with E-state index in [1.807, 2.05) is 91.0 Å². The van der Waals surface area contributed by atoms with Gasteiger partial charge in [-0.3, -0.25) is 0 Å². The smallest absolute Gasteiger partial charge is 0.318 e. The largest absolute Gasteiger partial charge is 0.467 e. The molecule has 0 unspecified atom stereocenters. The van der Waals surface area contributed by atoms with Crippen LogP contribution in [-0.2, 0) is 38.8 Å². The third-order valence-electron chi connectivity index (χ3n) is 6.55. The zero-order valence-electron chi connectivity index (χ0n) is 22.0. The zero-order chi connectivity index (χ0) is 27.7. The molecule has 210 valence electrons. The van der Waals surface area contributed by atoms with Gasteiger partial charge in [0.2, 0.25) is 4.73 Å². The molecule has 0 spiro atoms. The van der Waals surface area contributed by atoms with Gasteiger partial charge in [-0.2, -0.15) is 9.67 Å². The number of aromatic nitrogens is 3. The first-order valence-corrected chi connectivity index (χ1v) is 14.7. The summed E-state index contributed by atoms with van der Waals surface area (Å²) in [6.07, 6.45) is -1.94. The van der Waals surface area contributed by atoms with E-state index in [0.29, 0.717) is 30.6 Å². The second-order valence-electron chi connectivity index (χ2n) is 9.34. The molecule has 0 aliphatic carbocycles. The van der Waals surface area contributed by atoms with Crippen LogP contribution >= 0.6 is 31.9 Å². The molecule has 1 aliphatic rings. The van der Waals surface area contributed by atoms with Crippen molar-refractivity contribution in [2.75, 3.05) is 13.7 Å². The van der Waals surface area contributed by atoms with E-state index in [1.165, 1.54) is 0 Å². The first-order chi connectivity index (χ1) is 19.6. The quantitative estimate of drug-likeness (QED) is 0.169. The highest BCUT2D eigenvalue weighted by molar-refractivity contribution is 9.10. The summed E-state index contributed by atoms with van der Waals surface area (Å²) >= 11 is 7.23. The minimum absolute atomic E-state index is 0.286. The number of halogens is 2. The van der Waals surface area contributed by atoms with E-state index in [-0.39, 0.29) is 11.4 Å². The average Bonchev–Trinajstić information content (AvgIpc) is 3.38. The highest BCUT2D eigenvalue weighted by atomic mass is 79.9. The van der Waals surface area contributed by atoms with Gasteiger partial charge >= 0.3 is 6.01 Å². The molecule has 1 aliphatic heterocycles. The molecule has 0 saturated carbocycles. The van der Waals surface area contributed by atoms with Gasteiger partial charge < -0.3 is 23.7 Å². The molecule has 3 aromatic carbocycles. The van der Waals surface area contributed by atoms with Gasteiger partial charge in [0.05, 0.1) is 38.4 Å². The number of alkyl halides is 1. The lowest BCUT2D eigenvalue weighted by Gasteiger charge is -2.44. The van der Waals surface area contributed by atoms with Crippen LogP contribution in [0.25, 0.3) is 0 Å². The molecule has 0 radical (unpaired) electrons. The van der Waals surface area contributed by atoms with Gasteiger partial charge in [0.15, 0.2) is 6.23 Å². The van der Waals surface area contributed by atoms with Gasteiger partial charge in [-0.15, -0.1) is 5.10 Å².